The molecule has 1 aromatic carbocycles. The van der Waals surface area contributed by atoms with Gasteiger partial charge in [-0.25, -0.2) is 0 Å². The van der Waals surface area contributed by atoms with Crippen LogP contribution in [0.2, 0.25) is 0 Å². The summed E-state index contributed by atoms with van der Waals surface area (Å²) in [4.78, 5) is 14.3. The summed E-state index contributed by atoms with van der Waals surface area (Å²) in [5.74, 6) is 2.27. The topological polar surface area (TPSA) is 54.7 Å². The highest BCUT2D eigenvalue weighted by molar-refractivity contribution is 5.95. The lowest BCUT2D eigenvalue weighted by Crippen LogP contribution is -2.39. The van der Waals surface area contributed by atoms with Crippen molar-refractivity contribution in [2.45, 2.75) is 26.4 Å². The van der Waals surface area contributed by atoms with Gasteiger partial charge in [0.05, 0.1) is 25.4 Å². The molecule has 22 heavy (non-hydrogen) atoms. The lowest BCUT2D eigenvalue weighted by atomic mass is 10.2. The molecule has 1 aromatic heterocycles. The lowest BCUT2D eigenvalue weighted by molar-refractivity contribution is -0.120. The van der Waals surface area contributed by atoms with Gasteiger partial charge in [0.1, 0.15) is 17.3 Å². The van der Waals surface area contributed by atoms with Crippen LogP contribution in [0.5, 0.6) is 5.75 Å². The Hall–Kier alpha value is -2.27. The molecule has 0 fully saturated rings. The van der Waals surface area contributed by atoms with Crippen molar-refractivity contribution in [2.75, 3.05) is 19.5 Å². The maximum atomic E-state index is 12.4. The third-order valence-corrected chi connectivity index (χ3v) is 3.61. The van der Waals surface area contributed by atoms with Gasteiger partial charge in [-0.05, 0) is 45.2 Å². The van der Waals surface area contributed by atoms with Crippen LogP contribution < -0.4 is 10.1 Å². The van der Waals surface area contributed by atoms with Gasteiger partial charge >= 0.3 is 0 Å². The zero-order chi connectivity index (χ0) is 16.1. The smallest absolute Gasteiger partial charge is 0.241 e. The lowest BCUT2D eigenvalue weighted by Gasteiger charge is -2.23. The number of hydrogen-bond donors (Lipinski definition) is 1. The van der Waals surface area contributed by atoms with Gasteiger partial charge in [0, 0.05) is 0 Å². The van der Waals surface area contributed by atoms with Crippen molar-refractivity contribution < 1.29 is 13.9 Å². The Morgan fingerprint density at radius 2 is 2.05 bits per heavy atom. The predicted molar refractivity (Wildman–Crippen MR) is 86.0 cm³/mol. The summed E-state index contributed by atoms with van der Waals surface area (Å²) in [5, 5.41) is 2.90. The predicted octanol–water partition coefficient (Wildman–Crippen LogP) is 3.06. The number of furan rings is 1. The Morgan fingerprint density at radius 1 is 1.32 bits per heavy atom. The van der Waals surface area contributed by atoms with Gasteiger partial charge in [-0.15, -0.1) is 0 Å². The average Bonchev–Trinajstić information content (AvgIpc) is 2.92. The zero-order valence-corrected chi connectivity index (χ0v) is 13.4. The molecule has 0 aliphatic heterocycles. The van der Waals surface area contributed by atoms with Gasteiger partial charge in [-0.2, -0.15) is 0 Å². The number of rotatable bonds is 6. The first-order valence-corrected chi connectivity index (χ1v) is 7.20. The molecule has 0 saturated heterocycles. The normalized spacial score (nSPS) is 12.2. The summed E-state index contributed by atoms with van der Waals surface area (Å²) in [5.41, 5.74) is 0.670. The largest absolute Gasteiger partial charge is 0.495 e. The number of methoxy groups -OCH3 is 1. The minimum absolute atomic E-state index is 0.0877. The fourth-order valence-electron chi connectivity index (χ4n) is 2.14. The summed E-state index contributed by atoms with van der Waals surface area (Å²) in [6, 6.07) is 10.9. The molecular weight excluding hydrogens is 280 g/mol. The number of likely N-dealkylation sites (N-methyl/N-ethyl adjacent to an activating group) is 1. The quantitative estimate of drug-likeness (QED) is 0.891. The van der Waals surface area contributed by atoms with Gasteiger partial charge in [0.2, 0.25) is 5.91 Å². The van der Waals surface area contributed by atoms with E-state index in [1.807, 2.05) is 62.2 Å². The molecule has 118 valence electrons. The summed E-state index contributed by atoms with van der Waals surface area (Å²) in [6.07, 6.45) is 0. The highest BCUT2D eigenvalue weighted by atomic mass is 16.5. The van der Waals surface area contributed by atoms with E-state index in [1.54, 1.807) is 7.11 Å². The van der Waals surface area contributed by atoms with Crippen LogP contribution in [0.1, 0.15) is 18.4 Å². The number of hydrogen-bond acceptors (Lipinski definition) is 4. The number of para-hydroxylation sites is 2. The van der Waals surface area contributed by atoms with Crippen LogP contribution in [0, 0.1) is 6.92 Å². The molecule has 0 aliphatic carbocycles. The molecule has 1 heterocycles. The summed E-state index contributed by atoms with van der Waals surface area (Å²) in [6.45, 7) is 4.34. The van der Waals surface area contributed by atoms with Crippen LogP contribution in [0.4, 0.5) is 5.69 Å². The maximum Gasteiger partial charge on any atom is 0.241 e. The number of nitrogens with one attached hydrogen (secondary N) is 1. The minimum Gasteiger partial charge on any atom is -0.495 e. The molecule has 0 unspecified atom stereocenters. The molecule has 0 bridgehead atoms. The SMILES string of the molecule is COc1ccccc1NC(=O)[C@H](C)N(C)Cc1ccc(C)o1. The zero-order valence-electron chi connectivity index (χ0n) is 13.4. The van der Waals surface area contributed by atoms with Crippen molar-refractivity contribution in [3.05, 3.63) is 47.9 Å². The number of carbonyl (C=O) groups is 1. The molecule has 5 heteroatoms. The highest BCUT2D eigenvalue weighted by Gasteiger charge is 2.20. The van der Waals surface area contributed by atoms with Gasteiger partial charge in [-0.1, -0.05) is 12.1 Å². The fourth-order valence-corrected chi connectivity index (χ4v) is 2.14. The van der Waals surface area contributed by atoms with E-state index in [4.69, 9.17) is 9.15 Å². The second-order valence-corrected chi connectivity index (χ2v) is 5.29. The van der Waals surface area contributed by atoms with E-state index in [0.29, 0.717) is 18.0 Å². The third kappa shape index (κ3) is 3.89. The standard InChI is InChI=1S/C17H22N2O3/c1-12-9-10-14(22-12)11-19(3)13(2)17(20)18-15-7-5-6-8-16(15)21-4/h5-10,13H,11H2,1-4H3,(H,18,20)/t13-/m0/s1. The average molecular weight is 302 g/mol. The number of anilines is 1. The Morgan fingerprint density at radius 3 is 2.68 bits per heavy atom. The van der Waals surface area contributed by atoms with Crippen molar-refractivity contribution in [2.24, 2.45) is 0 Å². The van der Waals surface area contributed by atoms with Gasteiger partial charge < -0.3 is 14.5 Å². The van der Waals surface area contributed by atoms with Crippen molar-refractivity contribution in [3.8, 4) is 5.75 Å². The van der Waals surface area contributed by atoms with Crippen LogP contribution >= 0.6 is 0 Å². The van der Waals surface area contributed by atoms with Crippen LogP contribution in [-0.4, -0.2) is 31.0 Å². The molecule has 5 nitrogen and oxygen atoms in total. The Bertz CT molecular complexity index is 636. The summed E-state index contributed by atoms with van der Waals surface area (Å²) >= 11 is 0. The van der Waals surface area contributed by atoms with E-state index in [1.165, 1.54) is 0 Å². The van der Waals surface area contributed by atoms with Gasteiger partial charge in [0.15, 0.2) is 0 Å². The summed E-state index contributed by atoms with van der Waals surface area (Å²) in [7, 11) is 3.48. The highest BCUT2D eigenvalue weighted by Crippen LogP contribution is 2.23. The van der Waals surface area contributed by atoms with Gasteiger partial charge in [-0.3, -0.25) is 9.69 Å². The number of amides is 1. The second kappa shape index (κ2) is 7.13. The second-order valence-electron chi connectivity index (χ2n) is 5.29. The Kier molecular flexibility index (Phi) is 5.22. The number of benzene rings is 1. The molecule has 1 N–H and O–H groups in total. The molecule has 1 atom stereocenters. The van der Waals surface area contributed by atoms with Crippen LogP contribution in [0.3, 0.4) is 0 Å². The van der Waals surface area contributed by atoms with Crippen molar-refractivity contribution in [3.63, 3.8) is 0 Å². The number of carbonyl (C=O) groups excluding carboxylic acids is 1. The Labute approximate surface area is 130 Å². The molecule has 0 spiro atoms. The maximum absolute atomic E-state index is 12.4. The minimum atomic E-state index is -0.296. The van der Waals surface area contributed by atoms with E-state index >= 15 is 0 Å². The van der Waals surface area contributed by atoms with Gasteiger partial charge in [0.25, 0.3) is 0 Å². The van der Waals surface area contributed by atoms with Crippen molar-refractivity contribution >= 4 is 11.6 Å². The van der Waals surface area contributed by atoms with Crippen LogP contribution in [-0.2, 0) is 11.3 Å². The fraction of sp³-hybridized carbons (Fsp3) is 0.353. The van der Waals surface area contributed by atoms with Crippen LogP contribution in [0.15, 0.2) is 40.8 Å². The third-order valence-electron chi connectivity index (χ3n) is 3.61. The molecule has 1 amide bonds. The molecule has 2 rings (SSSR count). The van der Waals surface area contributed by atoms with E-state index < -0.39 is 0 Å². The summed E-state index contributed by atoms with van der Waals surface area (Å²) < 4.78 is 10.8. The van der Waals surface area contributed by atoms with Crippen molar-refractivity contribution in [1.29, 1.82) is 0 Å². The number of aryl methyl sites for hydroxylation is 1. The monoisotopic (exact) mass is 302 g/mol. The molecule has 0 radical (unpaired) electrons. The molecule has 0 aliphatic rings. The number of nitrogens with zero attached hydrogens (tertiary/aromatic N) is 1. The molecule has 0 saturated carbocycles. The number of ether oxygens (including phenoxy) is 1. The van der Waals surface area contributed by atoms with E-state index in [0.717, 1.165) is 11.5 Å². The van der Waals surface area contributed by atoms with E-state index in [-0.39, 0.29) is 11.9 Å². The van der Waals surface area contributed by atoms with E-state index in [9.17, 15) is 4.79 Å². The van der Waals surface area contributed by atoms with Crippen LogP contribution in [0.25, 0.3) is 0 Å². The first-order chi connectivity index (χ1) is 10.5. The first-order valence-electron chi connectivity index (χ1n) is 7.20. The molecular formula is C17H22N2O3. The Balaban J connectivity index is 1.99. The van der Waals surface area contributed by atoms with E-state index in [2.05, 4.69) is 5.32 Å². The van der Waals surface area contributed by atoms with Crippen molar-refractivity contribution in [1.82, 2.24) is 4.90 Å². The molecule has 2 aromatic rings. The first kappa shape index (κ1) is 16.1.